The zero-order chi connectivity index (χ0) is 18.3. The van der Waals surface area contributed by atoms with E-state index in [2.05, 4.69) is 15.2 Å². The molecule has 0 unspecified atom stereocenters. The van der Waals surface area contributed by atoms with Gasteiger partial charge in [-0.1, -0.05) is 0 Å². The highest BCUT2D eigenvalue weighted by Crippen LogP contribution is 2.41. The van der Waals surface area contributed by atoms with Gasteiger partial charge in [0.15, 0.2) is 0 Å². The highest BCUT2D eigenvalue weighted by atomic mass is 19.3. The zero-order valence-electron chi connectivity index (χ0n) is 13.8. The van der Waals surface area contributed by atoms with E-state index in [1.54, 1.807) is 54.5 Å². The SMILES string of the molecule is Cn1cccc1C(=O)N1CC(F)(F)C[C@H]1c1nnc(-c2ccncc2)o1. The Morgan fingerprint density at radius 1 is 1.27 bits per heavy atom. The van der Waals surface area contributed by atoms with E-state index in [-0.39, 0.29) is 11.8 Å². The minimum atomic E-state index is -3.02. The minimum Gasteiger partial charge on any atom is -0.418 e. The predicted molar refractivity (Wildman–Crippen MR) is 86.3 cm³/mol. The van der Waals surface area contributed by atoms with Gasteiger partial charge in [-0.05, 0) is 24.3 Å². The maximum Gasteiger partial charge on any atom is 0.271 e. The van der Waals surface area contributed by atoms with E-state index >= 15 is 0 Å². The van der Waals surface area contributed by atoms with Crippen molar-refractivity contribution in [1.82, 2.24) is 24.6 Å². The Morgan fingerprint density at radius 3 is 2.73 bits per heavy atom. The van der Waals surface area contributed by atoms with Crippen molar-refractivity contribution in [3.8, 4) is 11.5 Å². The van der Waals surface area contributed by atoms with Gasteiger partial charge in [0.25, 0.3) is 11.8 Å². The second-order valence-electron chi connectivity index (χ2n) is 6.19. The molecule has 4 rings (SSSR count). The first-order valence-corrected chi connectivity index (χ1v) is 7.98. The highest BCUT2D eigenvalue weighted by molar-refractivity contribution is 5.93. The lowest BCUT2D eigenvalue weighted by Crippen LogP contribution is -2.34. The molecule has 4 heterocycles. The average Bonchev–Trinajstić information content (AvgIpc) is 3.33. The van der Waals surface area contributed by atoms with Gasteiger partial charge in [0, 0.05) is 37.6 Å². The van der Waals surface area contributed by atoms with Crippen molar-refractivity contribution in [2.75, 3.05) is 6.54 Å². The van der Waals surface area contributed by atoms with Crippen molar-refractivity contribution in [2.24, 2.45) is 7.05 Å². The number of carbonyl (C=O) groups is 1. The van der Waals surface area contributed by atoms with Crippen LogP contribution in [0.25, 0.3) is 11.5 Å². The number of rotatable bonds is 3. The second kappa shape index (κ2) is 6.01. The molecule has 0 bridgehead atoms. The van der Waals surface area contributed by atoms with Gasteiger partial charge in [0.05, 0.1) is 6.54 Å². The molecule has 0 aliphatic carbocycles. The van der Waals surface area contributed by atoms with Crippen LogP contribution in [0, 0.1) is 0 Å². The number of aryl methyl sites for hydroxylation is 1. The molecule has 9 heteroatoms. The van der Waals surface area contributed by atoms with Crippen molar-refractivity contribution in [3.63, 3.8) is 0 Å². The quantitative estimate of drug-likeness (QED) is 0.719. The van der Waals surface area contributed by atoms with Gasteiger partial charge < -0.3 is 13.9 Å². The summed E-state index contributed by atoms with van der Waals surface area (Å²) >= 11 is 0. The second-order valence-corrected chi connectivity index (χ2v) is 6.19. The first-order valence-electron chi connectivity index (χ1n) is 7.98. The van der Waals surface area contributed by atoms with Crippen LogP contribution in [0.1, 0.15) is 28.8 Å². The van der Waals surface area contributed by atoms with E-state index < -0.39 is 30.8 Å². The van der Waals surface area contributed by atoms with Gasteiger partial charge in [0.2, 0.25) is 11.8 Å². The van der Waals surface area contributed by atoms with Crippen molar-refractivity contribution in [2.45, 2.75) is 18.4 Å². The molecule has 0 spiro atoms. The summed E-state index contributed by atoms with van der Waals surface area (Å²) in [5, 5.41) is 7.83. The molecular weight excluding hydrogens is 344 g/mol. The average molecular weight is 359 g/mol. The van der Waals surface area contributed by atoms with Crippen LogP contribution in [0.4, 0.5) is 8.78 Å². The lowest BCUT2D eigenvalue weighted by Gasteiger charge is -2.21. The van der Waals surface area contributed by atoms with Crippen molar-refractivity contribution < 1.29 is 18.0 Å². The van der Waals surface area contributed by atoms with E-state index in [9.17, 15) is 13.6 Å². The third kappa shape index (κ3) is 2.85. The Morgan fingerprint density at radius 2 is 2.04 bits per heavy atom. The number of aromatic nitrogens is 4. The summed E-state index contributed by atoms with van der Waals surface area (Å²) in [6.45, 7) is -0.686. The van der Waals surface area contributed by atoms with E-state index in [0.717, 1.165) is 4.90 Å². The normalized spacial score (nSPS) is 19.0. The lowest BCUT2D eigenvalue weighted by molar-refractivity contribution is 0.0116. The van der Waals surface area contributed by atoms with Crippen LogP contribution in [0.3, 0.4) is 0 Å². The molecule has 1 aliphatic rings. The number of amides is 1. The van der Waals surface area contributed by atoms with Crippen LogP contribution in [0.5, 0.6) is 0 Å². The molecule has 1 amide bonds. The van der Waals surface area contributed by atoms with Crippen LogP contribution in [-0.4, -0.2) is 43.0 Å². The first kappa shape index (κ1) is 16.4. The van der Waals surface area contributed by atoms with E-state index in [1.807, 2.05) is 0 Å². The summed E-state index contributed by atoms with van der Waals surface area (Å²) < 4.78 is 35.3. The van der Waals surface area contributed by atoms with Gasteiger partial charge in [-0.15, -0.1) is 10.2 Å². The summed E-state index contributed by atoms with van der Waals surface area (Å²) in [5.74, 6) is -3.32. The molecule has 0 saturated carbocycles. The molecule has 1 atom stereocenters. The third-order valence-corrected chi connectivity index (χ3v) is 4.35. The van der Waals surface area contributed by atoms with E-state index in [1.165, 1.54) is 0 Å². The first-order chi connectivity index (χ1) is 12.4. The number of hydrogen-bond donors (Lipinski definition) is 0. The number of alkyl halides is 2. The molecule has 0 N–H and O–H groups in total. The molecule has 1 fully saturated rings. The van der Waals surface area contributed by atoms with Gasteiger partial charge in [-0.25, -0.2) is 8.78 Å². The Balaban J connectivity index is 1.67. The number of hydrogen-bond acceptors (Lipinski definition) is 5. The standard InChI is InChI=1S/C17H15F2N5O2/c1-23-8-2-3-12(23)16(25)24-10-17(18,19)9-13(24)15-22-21-14(26-15)11-4-6-20-7-5-11/h2-8,13H,9-10H2,1H3/t13-/m0/s1. The highest BCUT2D eigenvalue weighted by Gasteiger charge is 2.50. The van der Waals surface area contributed by atoms with Crippen LogP contribution >= 0.6 is 0 Å². The minimum absolute atomic E-state index is 0.00320. The van der Waals surface area contributed by atoms with Crippen molar-refractivity contribution in [1.29, 1.82) is 0 Å². The fourth-order valence-electron chi connectivity index (χ4n) is 3.06. The Bertz CT molecular complexity index is 938. The molecular formula is C17H15F2N5O2. The van der Waals surface area contributed by atoms with E-state index in [4.69, 9.17) is 4.42 Å². The van der Waals surface area contributed by atoms with Crippen LogP contribution in [0.15, 0.2) is 47.3 Å². The molecule has 7 nitrogen and oxygen atoms in total. The molecule has 0 aromatic carbocycles. The maximum atomic E-state index is 14.1. The number of carbonyl (C=O) groups excluding carboxylic acids is 1. The summed E-state index contributed by atoms with van der Waals surface area (Å²) in [4.78, 5) is 17.7. The number of halogens is 2. The summed E-state index contributed by atoms with van der Waals surface area (Å²) in [7, 11) is 1.69. The van der Waals surface area contributed by atoms with Gasteiger partial charge in [0.1, 0.15) is 11.7 Å². The van der Waals surface area contributed by atoms with E-state index in [0.29, 0.717) is 11.3 Å². The number of pyridine rings is 1. The molecule has 0 radical (unpaired) electrons. The smallest absolute Gasteiger partial charge is 0.271 e. The van der Waals surface area contributed by atoms with Crippen molar-refractivity contribution in [3.05, 3.63) is 54.4 Å². The largest absolute Gasteiger partial charge is 0.418 e. The van der Waals surface area contributed by atoms with Gasteiger partial charge in [-0.3, -0.25) is 9.78 Å². The van der Waals surface area contributed by atoms with Crippen LogP contribution in [0.2, 0.25) is 0 Å². The molecule has 3 aromatic rings. The number of nitrogens with zero attached hydrogens (tertiary/aromatic N) is 5. The Hall–Kier alpha value is -3.10. The maximum absolute atomic E-state index is 14.1. The van der Waals surface area contributed by atoms with Crippen LogP contribution < -0.4 is 0 Å². The Labute approximate surface area is 147 Å². The fraction of sp³-hybridized carbons (Fsp3) is 0.294. The summed E-state index contributed by atoms with van der Waals surface area (Å²) in [6, 6.07) is 5.65. The summed E-state index contributed by atoms with van der Waals surface area (Å²) in [5.41, 5.74) is 0.949. The lowest BCUT2D eigenvalue weighted by atomic mass is 10.2. The molecule has 26 heavy (non-hydrogen) atoms. The van der Waals surface area contributed by atoms with Gasteiger partial charge >= 0.3 is 0 Å². The molecule has 134 valence electrons. The fourth-order valence-corrected chi connectivity index (χ4v) is 3.06. The zero-order valence-corrected chi connectivity index (χ0v) is 13.8. The summed E-state index contributed by atoms with van der Waals surface area (Å²) in [6.07, 6.45) is 4.26. The van der Waals surface area contributed by atoms with Gasteiger partial charge in [-0.2, -0.15) is 0 Å². The number of likely N-dealkylation sites (tertiary alicyclic amines) is 1. The molecule has 1 aliphatic heterocycles. The van der Waals surface area contributed by atoms with Crippen LogP contribution in [-0.2, 0) is 7.05 Å². The molecule has 1 saturated heterocycles. The Kier molecular flexibility index (Phi) is 3.78. The monoisotopic (exact) mass is 359 g/mol. The van der Waals surface area contributed by atoms with Crippen molar-refractivity contribution >= 4 is 5.91 Å². The molecule has 3 aromatic heterocycles. The third-order valence-electron chi connectivity index (χ3n) is 4.35. The predicted octanol–water partition coefficient (Wildman–Crippen LogP) is 2.69. The topological polar surface area (TPSA) is 77.1 Å².